The van der Waals surface area contributed by atoms with Gasteiger partial charge in [0.25, 0.3) is 0 Å². The van der Waals surface area contributed by atoms with E-state index in [1.54, 1.807) is 0 Å². The van der Waals surface area contributed by atoms with Crippen LogP contribution in [0.1, 0.15) is 35.2 Å². The van der Waals surface area contributed by atoms with Gasteiger partial charge in [-0.1, -0.05) is 54.5 Å². The van der Waals surface area contributed by atoms with Crippen LogP contribution in [-0.4, -0.2) is 6.54 Å². The van der Waals surface area contributed by atoms with Gasteiger partial charge in [-0.2, -0.15) is 0 Å². The van der Waals surface area contributed by atoms with Crippen molar-refractivity contribution in [2.24, 2.45) is 0 Å². The van der Waals surface area contributed by atoms with Crippen LogP contribution in [0.15, 0.2) is 48.5 Å². The second-order valence-electron chi connectivity index (χ2n) is 4.82. The molecule has 1 aliphatic rings. The van der Waals surface area contributed by atoms with E-state index in [1.807, 2.05) is 6.92 Å². The summed E-state index contributed by atoms with van der Waals surface area (Å²) in [5.41, 5.74) is 5.62. The number of fused-ring (bicyclic) bond motifs is 2. The van der Waals surface area contributed by atoms with E-state index < -0.39 is 0 Å². The molecular formula is C18H17N. The number of hydrogen-bond donors (Lipinski definition) is 1. The van der Waals surface area contributed by atoms with E-state index >= 15 is 0 Å². The lowest BCUT2D eigenvalue weighted by atomic mass is 9.82. The third-order valence-electron chi connectivity index (χ3n) is 3.68. The third-order valence-corrected chi connectivity index (χ3v) is 3.68. The zero-order valence-electron chi connectivity index (χ0n) is 11.1. The summed E-state index contributed by atoms with van der Waals surface area (Å²) in [6, 6.07) is 17.6. The lowest BCUT2D eigenvalue weighted by Crippen LogP contribution is -2.27. The van der Waals surface area contributed by atoms with Gasteiger partial charge in [0.15, 0.2) is 0 Å². The predicted molar refractivity (Wildman–Crippen MR) is 79.0 cm³/mol. The second-order valence-corrected chi connectivity index (χ2v) is 4.82. The van der Waals surface area contributed by atoms with Gasteiger partial charge in [-0.25, -0.2) is 0 Å². The van der Waals surface area contributed by atoms with Crippen molar-refractivity contribution in [1.29, 1.82) is 0 Å². The molecule has 0 aromatic heterocycles. The van der Waals surface area contributed by atoms with Gasteiger partial charge < -0.3 is 0 Å². The van der Waals surface area contributed by atoms with Crippen LogP contribution in [0.5, 0.6) is 0 Å². The largest absolute Gasteiger partial charge is 0.295 e. The topological polar surface area (TPSA) is 12.0 Å². The molecule has 0 spiro atoms. The van der Waals surface area contributed by atoms with Crippen molar-refractivity contribution in [2.75, 3.05) is 6.54 Å². The molecular weight excluding hydrogens is 230 g/mol. The summed E-state index contributed by atoms with van der Waals surface area (Å²) in [7, 11) is 0. The molecule has 3 rings (SSSR count). The Hall–Kier alpha value is -2.04. The van der Waals surface area contributed by atoms with Gasteiger partial charge in [-0.3, -0.25) is 5.32 Å². The first-order valence-corrected chi connectivity index (χ1v) is 6.68. The Morgan fingerprint density at radius 1 is 1.00 bits per heavy atom. The molecule has 0 saturated heterocycles. The van der Waals surface area contributed by atoms with Crippen molar-refractivity contribution in [3.63, 3.8) is 0 Å². The molecule has 0 aliphatic heterocycles. The number of nitrogens with one attached hydrogen (secondary N) is 1. The highest BCUT2D eigenvalue weighted by molar-refractivity contribution is 5.48. The monoisotopic (exact) mass is 247 g/mol. The van der Waals surface area contributed by atoms with E-state index in [-0.39, 0.29) is 6.04 Å². The molecule has 0 fully saturated rings. The lowest BCUT2D eigenvalue weighted by molar-refractivity contribution is 0.636. The zero-order valence-corrected chi connectivity index (χ0v) is 11.1. The minimum Gasteiger partial charge on any atom is -0.295 e. The number of rotatable bonds is 2. The fraction of sp³-hybridized carbons (Fsp3) is 0.222. The van der Waals surface area contributed by atoms with Crippen LogP contribution in [0.4, 0.5) is 0 Å². The van der Waals surface area contributed by atoms with E-state index in [2.05, 4.69) is 65.7 Å². The minimum atomic E-state index is 0.266. The highest BCUT2D eigenvalue weighted by Crippen LogP contribution is 2.34. The molecule has 0 atom stereocenters. The standard InChI is InChI=1S/C18H17N/c1-2-3-12-19-18-16-10-6-4-8-14(16)13-15-9-5-7-11-17(15)18/h4-11,18-19H,12-13H2,1H3. The van der Waals surface area contributed by atoms with Crippen LogP contribution >= 0.6 is 0 Å². The van der Waals surface area contributed by atoms with Crippen LogP contribution in [0.3, 0.4) is 0 Å². The van der Waals surface area contributed by atoms with Gasteiger partial charge in [-0.15, -0.1) is 5.92 Å². The van der Waals surface area contributed by atoms with Crippen LogP contribution in [0.2, 0.25) is 0 Å². The van der Waals surface area contributed by atoms with Crippen molar-refractivity contribution in [3.05, 3.63) is 70.8 Å². The first-order chi connectivity index (χ1) is 9.40. The minimum absolute atomic E-state index is 0.266. The van der Waals surface area contributed by atoms with Gasteiger partial charge in [0.2, 0.25) is 0 Å². The van der Waals surface area contributed by atoms with E-state index in [4.69, 9.17) is 0 Å². The maximum atomic E-state index is 3.56. The average Bonchev–Trinajstić information content (AvgIpc) is 2.46. The number of hydrogen-bond acceptors (Lipinski definition) is 1. The van der Waals surface area contributed by atoms with Gasteiger partial charge >= 0.3 is 0 Å². The molecule has 1 heteroatoms. The molecule has 0 radical (unpaired) electrons. The third kappa shape index (κ3) is 2.28. The molecule has 94 valence electrons. The quantitative estimate of drug-likeness (QED) is 0.803. The van der Waals surface area contributed by atoms with Gasteiger partial charge in [0.05, 0.1) is 12.6 Å². The summed E-state index contributed by atoms with van der Waals surface area (Å²) in [6.45, 7) is 2.61. The molecule has 0 bridgehead atoms. The summed E-state index contributed by atoms with van der Waals surface area (Å²) in [5, 5.41) is 3.56. The fourth-order valence-corrected chi connectivity index (χ4v) is 2.79. The highest BCUT2D eigenvalue weighted by atomic mass is 14.9. The van der Waals surface area contributed by atoms with Crippen LogP contribution in [0.25, 0.3) is 0 Å². The smallest absolute Gasteiger partial charge is 0.0589 e. The molecule has 0 saturated carbocycles. The first-order valence-electron chi connectivity index (χ1n) is 6.68. The Kier molecular flexibility index (Phi) is 3.35. The Balaban J connectivity index is 2.02. The first kappa shape index (κ1) is 12.0. The summed E-state index contributed by atoms with van der Waals surface area (Å²) in [5.74, 6) is 6.04. The lowest BCUT2D eigenvalue weighted by Gasteiger charge is -2.28. The van der Waals surface area contributed by atoms with Crippen LogP contribution in [-0.2, 0) is 6.42 Å². The molecule has 2 aromatic rings. The number of benzene rings is 2. The molecule has 19 heavy (non-hydrogen) atoms. The highest BCUT2D eigenvalue weighted by Gasteiger charge is 2.23. The fourth-order valence-electron chi connectivity index (χ4n) is 2.79. The Labute approximate surface area is 114 Å². The Morgan fingerprint density at radius 3 is 2.16 bits per heavy atom. The molecule has 2 aromatic carbocycles. The maximum absolute atomic E-state index is 3.56. The molecule has 1 aliphatic carbocycles. The summed E-state index contributed by atoms with van der Waals surface area (Å²) in [4.78, 5) is 0. The van der Waals surface area contributed by atoms with Crippen LogP contribution in [0, 0.1) is 11.8 Å². The van der Waals surface area contributed by atoms with Gasteiger partial charge in [0, 0.05) is 0 Å². The van der Waals surface area contributed by atoms with E-state index in [1.165, 1.54) is 22.3 Å². The molecule has 1 N–H and O–H groups in total. The SMILES string of the molecule is CC#CCNC1c2ccccc2Cc2ccccc21. The van der Waals surface area contributed by atoms with Crippen molar-refractivity contribution in [1.82, 2.24) is 5.32 Å². The molecule has 1 nitrogen and oxygen atoms in total. The average molecular weight is 247 g/mol. The van der Waals surface area contributed by atoms with Crippen molar-refractivity contribution >= 4 is 0 Å². The van der Waals surface area contributed by atoms with Crippen LogP contribution < -0.4 is 5.32 Å². The Morgan fingerprint density at radius 2 is 1.58 bits per heavy atom. The molecule has 0 amide bonds. The van der Waals surface area contributed by atoms with Gasteiger partial charge in [-0.05, 0) is 35.6 Å². The maximum Gasteiger partial charge on any atom is 0.0589 e. The molecule has 0 unspecified atom stereocenters. The van der Waals surface area contributed by atoms with Crippen molar-refractivity contribution < 1.29 is 0 Å². The normalized spacial score (nSPS) is 13.1. The van der Waals surface area contributed by atoms with E-state index in [0.717, 1.165) is 13.0 Å². The Bertz CT molecular complexity index is 600. The predicted octanol–water partition coefficient (Wildman–Crippen LogP) is 3.29. The summed E-state index contributed by atoms with van der Waals surface area (Å²) in [6.07, 6.45) is 1.03. The van der Waals surface area contributed by atoms with Crippen molar-refractivity contribution in [3.8, 4) is 11.8 Å². The summed E-state index contributed by atoms with van der Waals surface area (Å²) >= 11 is 0. The molecule has 0 heterocycles. The van der Waals surface area contributed by atoms with E-state index in [0.29, 0.717) is 0 Å². The van der Waals surface area contributed by atoms with Crippen molar-refractivity contribution in [2.45, 2.75) is 19.4 Å². The van der Waals surface area contributed by atoms with Gasteiger partial charge in [0.1, 0.15) is 0 Å². The second kappa shape index (κ2) is 5.30. The zero-order chi connectivity index (χ0) is 13.1. The summed E-state index contributed by atoms with van der Waals surface area (Å²) < 4.78 is 0. The van der Waals surface area contributed by atoms with E-state index in [9.17, 15) is 0 Å².